The predicted molar refractivity (Wildman–Crippen MR) is 178 cm³/mol. The molecule has 1 amide bonds. The van der Waals surface area contributed by atoms with Crippen LogP contribution < -0.4 is 10.1 Å². The van der Waals surface area contributed by atoms with Gasteiger partial charge < -0.3 is 24.3 Å². The monoisotopic (exact) mass is 677 g/mol. The smallest absolute Gasteiger partial charge is 0.408 e. The summed E-state index contributed by atoms with van der Waals surface area (Å²) < 4.78 is 52.1. The van der Waals surface area contributed by atoms with E-state index in [0.717, 1.165) is 11.1 Å². The lowest BCUT2D eigenvalue weighted by atomic mass is 9.92. The fourth-order valence-electron chi connectivity index (χ4n) is 4.21. The summed E-state index contributed by atoms with van der Waals surface area (Å²) in [6.07, 6.45) is -0.165. The molecule has 2 atom stereocenters. The summed E-state index contributed by atoms with van der Waals surface area (Å²) in [4.78, 5) is 39.0. The number of carbonyl (C=O) groups is 3. The predicted octanol–water partition coefficient (Wildman–Crippen LogP) is 6.29. The molecular formula is C35H51NO10S. The zero-order valence-corrected chi connectivity index (χ0v) is 30.1. The lowest BCUT2D eigenvalue weighted by Crippen LogP contribution is -2.46. The highest BCUT2D eigenvalue weighted by Gasteiger charge is 2.32. The van der Waals surface area contributed by atoms with E-state index in [1.54, 1.807) is 98.7 Å². The summed E-state index contributed by atoms with van der Waals surface area (Å²) in [5.74, 6) is -1.23. The number of carbonyl (C=O) groups excluding carboxylic acids is 3. The highest BCUT2D eigenvalue weighted by atomic mass is 32.2. The number of amides is 1. The number of rotatable bonds is 14. The van der Waals surface area contributed by atoms with Gasteiger partial charge in [0.15, 0.2) is 0 Å². The Kier molecular flexibility index (Phi) is 13.8. The van der Waals surface area contributed by atoms with E-state index in [1.807, 2.05) is 6.92 Å². The SMILES string of the molecule is Cc1ccc(S(=O)(=O)OCCOc2ccc(CC(CC[C@H](NC(=O)OC(C)(C)C)C(=O)OC(C)(C)C)C(=O)OC(C)(C)C)cc2)cc1. The Hall–Kier alpha value is -3.64. The lowest BCUT2D eigenvalue weighted by molar-refractivity contribution is -0.162. The van der Waals surface area contributed by atoms with Crippen LogP contribution in [0.3, 0.4) is 0 Å². The zero-order chi connectivity index (χ0) is 35.6. The van der Waals surface area contributed by atoms with E-state index in [9.17, 15) is 22.8 Å². The van der Waals surface area contributed by atoms with Crippen molar-refractivity contribution >= 4 is 28.1 Å². The highest BCUT2D eigenvalue weighted by Crippen LogP contribution is 2.24. The van der Waals surface area contributed by atoms with Gasteiger partial charge in [-0.2, -0.15) is 8.42 Å². The molecule has 2 aromatic carbocycles. The third kappa shape index (κ3) is 15.7. The number of nitrogens with one attached hydrogen (secondary N) is 1. The maximum atomic E-state index is 13.3. The van der Waals surface area contributed by atoms with Crippen LogP contribution in [0.1, 0.15) is 86.3 Å². The van der Waals surface area contributed by atoms with Crippen LogP contribution in [-0.4, -0.2) is 62.5 Å². The summed E-state index contributed by atoms with van der Waals surface area (Å²) >= 11 is 0. The van der Waals surface area contributed by atoms with E-state index >= 15 is 0 Å². The quantitative estimate of drug-likeness (QED) is 0.105. The molecule has 0 bridgehead atoms. The fourth-order valence-corrected chi connectivity index (χ4v) is 5.10. The van der Waals surface area contributed by atoms with Gasteiger partial charge >= 0.3 is 18.0 Å². The molecule has 2 rings (SSSR count). The second-order valence-electron chi connectivity index (χ2n) is 14.3. The first-order valence-corrected chi connectivity index (χ1v) is 17.1. The second-order valence-corrected chi connectivity index (χ2v) is 15.9. The van der Waals surface area contributed by atoms with Gasteiger partial charge in [-0.3, -0.25) is 8.98 Å². The molecule has 0 aliphatic heterocycles. The van der Waals surface area contributed by atoms with Crippen molar-refractivity contribution in [3.63, 3.8) is 0 Å². The number of aryl methyl sites for hydroxylation is 1. The first-order valence-electron chi connectivity index (χ1n) is 15.7. The van der Waals surface area contributed by atoms with Gasteiger partial charge in [0.1, 0.15) is 41.8 Å². The van der Waals surface area contributed by atoms with Crippen LogP contribution in [0.4, 0.5) is 4.79 Å². The molecule has 0 aromatic heterocycles. The topological polar surface area (TPSA) is 144 Å². The molecule has 0 saturated carbocycles. The van der Waals surface area contributed by atoms with E-state index in [2.05, 4.69) is 5.32 Å². The Morgan fingerprint density at radius 2 is 1.23 bits per heavy atom. The van der Waals surface area contributed by atoms with Crippen LogP contribution in [0.25, 0.3) is 0 Å². The summed E-state index contributed by atoms with van der Waals surface area (Å²) in [6, 6.07) is 12.3. The molecule has 0 aliphatic rings. The van der Waals surface area contributed by atoms with Gasteiger partial charge in [0, 0.05) is 0 Å². The standard InChI is InChI=1S/C35H51NO10S/c1-24-11-18-28(19-12-24)47(40,41)43-22-21-42-27-16-13-25(14-17-27)23-26(30(37)44-33(2,3)4)15-20-29(31(38)45-34(5,6)7)36-32(39)46-35(8,9)10/h11-14,16-19,26,29H,15,20-23H2,1-10H3,(H,36,39)/t26?,29-/m0/s1. The molecule has 262 valence electrons. The van der Waals surface area contributed by atoms with Crippen LogP contribution in [0.2, 0.25) is 0 Å². The Morgan fingerprint density at radius 1 is 0.702 bits per heavy atom. The number of esters is 2. The third-order valence-corrected chi connectivity index (χ3v) is 7.56. The highest BCUT2D eigenvalue weighted by molar-refractivity contribution is 7.86. The Balaban J connectivity index is 2.09. The van der Waals surface area contributed by atoms with Crippen molar-refractivity contribution in [3.8, 4) is 5.75 Å². The normalized spacial score (nSPS) is 13.7. The molecular weight excluding hydrogens is 626 g/mol. The molecule has 2 aromatic rings. The fraction of sp³-hybridized carbons (Fsp3) is 0.571. The van der Waals surface area contributed by atoms with Gasteiger partial charge in [-0.15, -0.1) is 0 Å². The first kappa shape index (κ1) is 39.5. The van der Waals surface area contributed by atoms with E-state index in [4.69, 9.17) is 23.1 Å². The summed E-state index contributed by atoms with van der Waals surface area (Å²) in [7, 11) is -3.90. The van der Waals surface area contributed by atoms with Crippen LogP contribution in [0.5, 0.6) is 5.75 Å². The molecule has 11 nitrogen and oxygen atoms in total. The maximum Gasteiger partial charge on any atom is 0.408 e. The Labute approximate surface area is 279 Å². The van der Waals surface area contributed by atoms with Crippen molar-refractivity contribution in [2.75, 3.05) is 13.2 Å². The average molecular weight is 678 g/mol. The number of hydrogen-bond donors (Lipinski definition) is 1. The number of ether oxygens (including phenoxy) is 4. The van der Waals surface area contributed by atoms with E-state index < -0.39 is 56.9 Å². The molecule has 0 fully saturated rings. The lowest BCUT2D eigenvalue weighted by Gasteiger charge is -2.28. The summed E-state index contributed by atoms with van der Waals surface area (Å²) in [5, 5.41) is 2.60. The third-order valence-electron chi connectivity index (χ3n) is 6.23. The van der Waals surface area contributed by atoms with Crippen molar-refractivity contribution in [1.82, 2.24) is 5.32 Å². The molecule has 47 heavy (non-hydrogen) atoms. The van der Waals surface area contributed by atoms with Crippen molar-refractivity contribution in [1.29, 1.82) is 0 Å². The van der Waals surface area contributed by atoms with Crippen LogP contribution in [0.15, 0.2) is 53.4 Å². The minimum atomic E-state index is -3.90. The molecule has 0 radical (unpaired) electrons. The minimum Gasteiger partial charge on any atom is -0.491 e. The largest absolute Gasteiger partial charge is 0.491 e. The van der Waals surface area contributed by atoms with Crippen molar-refractivity contribution in [2.24, 2.45) is 5.92 Å². The van der Waals surface area contributed by atoms with E-state index in [1.165, 1.54) is 12.1 Å². The van der Waals surface area contributed by atoms with E-state index in [-0.39, 0.29) is 31.0 Å². The minimum absolute atomic E-state index is 0.00166. The van der Waals surface area contributed by atoms with Crippen molar-refractivity contribution < 1.29 is 45.9 Å². The van der Waals surface area contributed by atoms with Crippen LogP contribution in [0, 0.1) is 12.8 Å². The number of benzene rings is 2. The molecule has 0 aliphatic carbocycles. The van der Waals surface area contributed by atoms with Crippen LogP contribution in [-0.2, 0) is 44.5 Å². The van der Waals surface area contributed by atoms with Gasteiger partial charge in [-0.1, -0.05) is 29.8 Å². The maximum absolute atomic E-state index is 13.3. The number of alkyl carbamates (subject to hydrolysis) is 1. The molecule has 0 spiro atoms. The average Bonchev–Trinajstić information content (AvgIpc) is 2.90. The second kappa shape index (κ2) is 16.5. The molecule has 0 saturated heterocycles. The Morgan fingerprint density at radius 3 is 1.77 bits per heavy atom. The van der Waals surface area contributed by atoms with Gasteiger partial charge in [0.25, 0.3) is 10.1 Å². The first-order chi connectivity index (χ1) is 21.5. The molecule has 1 N–H and O–H groups in total. The van der Waals surface area contributed by atoms with Crippen LogP contribution >= 0.6 is 0 Å². The zero-order valence-electron chi connectivity index (χ0n) is 29.3. The van der Waals surface area contributed by atoms with Gasteiger partial charge in [0.05, 0.1) is 10.8 Å². The van der Waals surface area contributed by atoms with E-state index in [0.29, 0.717) is 12.2 Å². The van der Waals surface area contributed by atoms with Crippen molar-refractivity contribution in [3.05, 3.63) is 59.7 Å². The van der Waals surface area contributed by atoms with Gasteiger partial charge in [0.2, 0.25) is 0 Å². The van der Waals surface area contributed by atoms with Crippen molar-refractivity contribution in [2.45, 2.75) is 116 Å². The van der Waals surface area contributed by atoms with Gasteiger partial charge in [-0.25, -0.2) is 9.59 Å². The molecule has 1 unspecified atom stereocenters. The molecule has 0 heterocycles. The summed E-state index contributed by atoms with van der Waals surface area (Å²) in [5.41, 5.74) is -0.556. The summed E-state index contributed by atoms with van der Waals surface area (Å²) in [6.45, 7) is 17.4. The number of hydrogen-bond acceptors (Lipinski definition) is 10. The molecule has 12 heteroatoms. The van der Waals surface area contributed by atoms with Gasteiger partial charge in [-0.05, 0) is 118 Å². The Bertz CT molecular complexity index is 1430.